The largest absolute Gasteiger partial charge is 0.458 e. The van der Waals surface area contributed by atoms with E-state index in [9.17, 15) is 28.8 Å². The summed E-state index contributed by atoms with van der Waals surface area (Å²) in [7, 11) is 0. The molecule has 3 amide bonds. The predicted octanol–water partition coefficient (Wildman–Crippen LogP) is 1.27. The van der Waals surface area contributed by atoms with Gasteiger partial charge in [-0.05, 0) is 61.0 Å². The molecular weight excluding hydrogens is 534 g/mol. The SMILES string of the molecule is Cc1cn(C[C@H](NC(=O)C(C)(C)NC(=O)OCc2ccccc2)C(=O)NC(C)(C)C(=O)OC(C)(C)C)c(=O)[nH]c1=O. The fraction of sp³-hybridized carbons (Fsp3) is 0.500. The van der Waals surface area contributed by atoms with Gasteiger partial charge in [0.15, 0.2) is 0 Å². The number of aromatic nitrogens is 2. The Morgan fingerprint density at radius 2 is 1.54 bits per heavy atom. The summed E-state index contributed by atoms with van der Waals surface area (Å²) in [5.41, 5.74) is -4.34. The van der Waals surface area contributed by atoms with E-state index in [-0.39, 0.29) is 12.2 Å². The number of alkyl carbamates (subject to hydrolysis) is 1. The lowest BCUT2D eigenvalue weighted by molar-refractivity contribution is -0.163. The second-order valence-electron chi connectivity index (χ2n) is 11.7. The van der Waals surface area contributed by atoms with Crippen molar-refractivity contribution in [2.75, 3.05) is 0 Å². The highest BCUT2D eigenvalue weighted by atomic mass is 16.6. The van der Waals surface area contributed by atoms with Crippen LogP contribution in [0.2, 0.25) is 0 Å². The minimum Gasteiger partial charge on any atom is -0.458 e. The average molecular weight is 574 g/mol. The van der Waals surface area contributed by atoms with Gasteiger partial charge in [-0.15, -0.1) is 0 Å². The molecule has 2 rings (SSSR count). The van der Waals surface area contributed by atoms with Crippen LogP contribution in [0.3, 0.4) is 0 Å². The Morgan fingerprint density at radius 3 is 2.12 bits per heavy atom. The van der Waals surface area contributed by atoms with Gasteiger partial charge in [0, 0.05) is 11.8 Å². The number of carbonyl (C=O) groups excluding carboxylic acids is 4. The van der Waals surface area contributed by atoms with Crippen molar-refractivity contribution >= 4 is 23.9 Å². The van der Waals surface area contributed by atoms with Gasteiger partial charge < -0.3 is 25.4 Å². The summed E-state index contributed by atoms with van der Waals surface area (Å²) in [6.07, 6.45) is 0.380. The van der Waals surface area contributed by atoms with E-state index >= 15 is 0 Å². The Hall–Kier alpha value is -4.42. The van der Waals surface area contributed by atoms with Crippen molar-refractivity contribution in [2.24, 2.45) is 0 Å². The summed E-state index contributed by atoms with van der Waals surface area (Å²) in [6, 6.07) is 7.53. The monoisotopic (exact) mass is 573 g/mol. The lowest BCUT2D eigenvalue weighted by Gasteiger charge is -2.32. The molecule has 224 valence electrons. The van der Waals surface area contributed by atoms with Crippen LogP contribution in [0.1, 0.15) is 59.6 Å². The third kappa shape index (κ3) is 9.92. The Morgan fingerprint density at radius 1 is 0.927 bits per heavy atom. The van der Waals surface area contributed by atoms with Crippen LogP contribution in [-0.2, 0) is 37.0 Å². The van der Waals surface area contributed by atoms with Crippen LogP contribution in [0.25, 0.3) is 0 Å². The molecule has 0 radical (unpaired) electrons. The number of rotatable bonds is 10. The Kier molecular flexibility index (Phi) is 10.3. The van der Waals surface area contributed by atoms with Crippen LogP contribution in [0.4, 0.5) is 4.79 Å². The van der Waals surface area contributed by atoms with E-state index in [0.29, 0.717) is 0 Å². The van der Waals surface area contributed by atoms with Crippen molar-refractivity contribution in [1.29, 1.82) is 0 Å². The highest BCUT2D eigenvalue weighted by Crippen LogP contribution is 2.15. The van der Waals surface area contributed by atoms with E-state index in [1.807, 2.05) is 6.07 Å². The summed E-state index contributed by atoms with van der Waals surface area (Å²) >= 11 is 0. The molecule has 0 unspecified atom stereocenters. The number of hydrogen-bond acceptors (Lipinski definition) is 8. The molecule has 13 heteroatoms. The van der Waals surface area contributed by atoms with Crippen molar-refractivity contribution in [3.05, 3.63) is 68.5 Å². The van der Waals surface area contributed by atoms with Gasteiger partial charge in [0.1, 0.15) is 29.3 Å². The number of hydrogen-bond donors (Lipinski definition) is 4. The predicted molar refractivity (Wildman–Crippen MR) is 150 cm³/mol. The van der Waals surface area contributed by atoms with Gasteiger partial charge in [-0.25, -0.2) is 14.4 Å². The van der Waals surface area contributed by atoms with Crippen LogP contribution >= 0.6 is 0 Å². The molecule has 0 spiro atoms. The van der Waals surface area contributed by atoms with Gasteiger partial charge in [-0.2, -0.15) is 0 Å². The van der Waals surface area contributed by atoms with Crippen molar-refractivity contribution in [3.63, 3.8) is 0 Å². The molecule has 2 aromatic rings. The summed E-state index contributed by atoms with van der Waals surface area (Å²) in [5.74, 6) is -2.31. The minimum absolute atomic E-state index is 0.0242. The van der Waals surface area contributed by atoms with E-state index in [1.54, 1.807) is 45.0 Å². The molecule has 1 aromatic carbocycles. The number of aromatic amines is 1. The van der Waals surface area contributed by atoms with E-state index in [2.05, 4.69) is 20.9 Å². The zero-order chi connectivity index (χ0) is 31.2. The number of ether oxygens (including phenoxy) is 2. The highest BCUT2D eigenvalue weighted by Gasteiger charge is 2.38. The number of nitrogens with zero attached hydrogens (tertiary/aromatic N) is 1. The number of amides is 3. The van der Waals surface area contributed by atoms with Crippen LogP contribution in [0, 0.1) is 6.92 Å². The lowest BCUT2D eigenvalue weighted by Crippen LogP contribution is -2.62. The first-order valence-electron chi connectivity index (χ1n) is 13.0. The van der Waals surface area contributed by atoms with Crippen molar-refractivity contribution in [3.8, 4) is 0 Å². The number of nitrogens with one attached hydrogen (secondary N) is 4. The van der Waals surface area contributed by atoms with Crippen LogP contribution in [0.15, 0.2) is 46.1 Å². The molecule has 0 aliphatic heterocycles. The molecular formula is C28H39N5O8. The second-order valence-corrected chi connectivity index (χ2v) is 11.7. The molecule has 0 saturated carbocycles. The lowest BCUT2D eigenvalue weighted by atomic mass is 10.0. The molecule has 0 aliphatic carbocycles. The fourth-order valence-corrected chi connectivity index (χ4v) is 3.41. The van der Waals surface area contributed by atoms with Gasteiger partial charge in [0.05, 0.1) is 6.54 Å². The Bertz CT molecular complexity index is 1390. The smallest absolute Gasteiger partial charge is 0.408 e. The molecule has 0 bridgehead atoms. The molecule has 0 saturated heterocycles. The first-order valence-corrected chi connectivity index (χ1v) is 13.0. The Balaban J connectivity index is 2.25. The second kappa shape index (κ2) is 12.8. The molecule has 1 aromatic heterocycles. The van der Waals surface area contributed by atoms with Gasteiger partial charge in [0.2, 0.25) is 11.8 Å². The quantitative estimate of drug-likeness (QED) is 0.307. The molecule has 1 atom stereocenters. The maximum atomic E-state index is 13.4. The normalized spacial score (nSPS) is 12.6. The van der Waals surface area contributed by atoms with Gasteiger partial charge >= 0.3 is 17.8 Å². The van der Waals surface area contributed by atoms with Gasteiger partial charge in [0.25, 0.3) is 5.56 Å². The molecule has 13 nitrogen and oxygen atoms in total. The number of benzene rings is 1. The first kappa shape index (κ1) is 32.8. The van der Waals surface area contributed by atoms with Crippen molar-refractivity contribution < 1.29 is 28.7 Å². The van der Waals surface area contributed by atoms with Crippen molar-refractivity contribution in [2.45, 2.75) is 91.3 Å². The molecule has 0 aliphatic rings. The maximum Gasteiger partial charge on any atom is 0.408 e. The summed E-state index contributed by atoms with van der Waals surface area (Å²) < 4.78 is 11.6. The van der Waals surface area contributed by atoms with E-state index < -0.39 is 64.4 Å². The van der Waals surface area contributed by atoms with E-state index in [0.717, 1.165) is 10.1 Å². The summed E-state index contributed by atoms with van der Waals surface area (Å²) in [6.45, 7) is 11.8. The summed E-state index contributed by atoms with van der Waals surface area (Å²) in [4.78, 5) is 78.2. The topological polar surface area (TPSA) is 178 Å². The van der Waals surface area contributed by atoms with Crippen LogP contribution < -0.4 is 27.2 Å². The Labute approximate surface area is 238 Å². The molecule has 41 heavy (non-hydrogen) atoms. The number of carbonyl (C=O) groups is 4. The van der Waals surface area contributed by atoms with Crippen LogP contribution in [-0.4, -0.2) is 56.1 Å². The average Bonchev–Trinajstić information content (AvgIpc) is 2.84. The number of H-pyrrole nitrogens is 1. The fourth-order valence-electron chi connectivity index (χ4n) is 3.41. The van der Waals surface area contributed by atoms with Crippen LogP contribution in [0.5, 0.6) is 0 Å². The minimum atomic E-state index is -1.56. The van der Waals surface area contributed by atoms with E-state index in [1.165, 1.54) is 40.8 Å². The third-order valence-corrected chi connectivity index (χ3v) is 5.73. The number of esters is 1. The van der Waals surface area contributed by atoms with Gasteiger partial charge in [-0.1, -0.05) is 30.3 Å². The van der Waals surface area contributed by atoms with Gasteiger partial charge in [-0.3, -0.25) is 23.9 Å². The third-order valence-electron chi connectivity index (χ3n) is 5.73. The highest BCUT2D eigenvalue weighted by molar-refractivity contribution is 5.95. The molecule has 4 N–H and O–H groups in total. The molecule has 1 heterocycles. The maximum absolute atomic E-state index is 13.4. The summed E-state index contributed by atoms with van der Waals surface area (Å²) in [5, 5.41) is 7.54. The zero-order valence-electron chi connectivity index (χ0n) is 24.7. The van der Waals surface area contributed by atoms with E-state index in [4.69, 9.17) is 9.47 Å². The molecule has 0 fully saturated rings. The van der Waals surface area contributed by atoms with Crippen molar-refractivity contribution in [1.82, 2.24) is 25.5 Å². The number of aryl methyl sites for hydroxylation is 1. The standard InChI is InChI=1S/C28H39N5O8/c1-17-14-33(24(38)30-20(17)34)15-19(21(35)31-28(7,8)23(37)41-26(2,3)4)29-22(36)27(5,6)32-25(39)40-16-18-12-10-9-11-13-18/h9-14,19H,15-16H2,1-8H3,(H,29,36)(H,31,35)(H,32,39)(H,30,34,38)/t19-/m0/s1. The zero-order valence-corrected chi connectivity index (χ0v) is 24.7. The first-order chi connectivity index (χ1) is 18.8.